The second-order valence-corrected chi connectivity index (χ2v) is 4.98. The van der Waals surface area contributed by atoms with Crippen LogP contribution in [0.2, 0.25) is 0 Å². The number of benzene rings is 1. The lowest BCUT2D eigenvalue weighted by molar-refractivity contribution is 0.176. The Hall–Kier alpha value is -2.47. The third-order valence-corrected chi connectivity index (χ3v) is 3.39. The molecule has 0 spiro atoms. The third-order valence-electron chi connectivity index (χ3n) is 3.39. The highest BCUT2D eigenvalue weighted by Crippen LogP contribution is 2.16. The summed E-state index contributed by atoms with van der Waals surface area (Å²) in [6.45, 7) is 0.935. The second kappa shape index (κ2) is 5.88. The molecule has 1 unspecified atom stereocenters. The monoisotopic (exact) mass is 284 g/mol. The fourth-order valence-electron chi connectivity index (χ4n) is 2.26. The fourth-order valence-corrected chi connectivity index (χ4v) is 2.26. The lowest BCUT2D eigenvalue weighted by Gasteiger charge is -2.16. The maximum atomic E-state index is 12.0. The lowest BCUT2D eigenvalue weighted by Crippen LogP contribution is -2.33. The van der Waals surface area contributed by atoms with Crippen LogP contribution >= 0.6 is 0 Å². The maximum Gasteiger partial charge on any atom is 0.322 e. The molecule has 1 atom stereocenters. The Balaban J connectivity index is 1.66. The molecule has 1 fully saturated rings. The zero-order chi connectivity index (χ0) is 14.7. The molecule has 6 heteroatoms. The maximum absolute atomic E-state index is 12.0. The molecule has 0 bridgehead atoms. The van der Waals surface area contributed by atoms with Gasteiger partial charge in [-0.15, -0.1) is 0 Å². The van der Waals surface area contributed by atoms with Gasteiger partial charge in [0.05, 0.1) is 24.2 Å². The van der Waals surface area contributed by atoms with Crippen LogP contribution in [0.15, 0.2) is 42.7 Å². The molecule has 0 aliphatic carbocycles. The van der Waals surface area contributed by atoms with E-state index in [9.17, 15) is 9.90 Å². The molecule has 2 aromatic rings. The number of carbonyl (C=O) groups excluding carboxylic acids is 1. The summed E-state index contributed by atoms with van der Waals surface area (Å²) in [5.41, 5.74) is 1.47. The number of hydrogen-bond donors (Lipinski definition) is 2. The standard InChI is InChI=1S/C15H16N4O2/c20-13-6-7-19(10-13)15(21)18-12-8-16-14(17-9-12)11-4-2-1-3-5-11/h1-5,8-9,13,20H,6-7,10H2,(H,18,21). The Kier molecular flexibility index (Phi) is 3.79. The minimum absolute atomic E-state index is 0.234. The van der Waals surface area contributed by atoms with Gasteiger partial charge in [0.1, 0.15) is 0 Å². The number of nitrogens with one attached hydrogen (secondary N) is 1. The van der Waals surface area contributed by atoms with Crippen molar-refractivity contribution in [1.82, 2.24) is 14.9 Å². The van der Waals surface area contributed by atoms with Crippen molar-refractivity contribution in [3.05, 3.63) is 42.7 Å². The minimum Gasteiger partial charge on any atom is -0.391 e. The summed E-state index contributed by atoms with van der Waals surface area (Å²) in [6.07, 6.45) is 3.36. The van der Waals surface area contributed by atoms with Crippen molar-refractivity contribution < 1.29 is 9.90 Å². The number of aliphatic hydroxyl groups is 1. The summed E-state index contributed by atoms with van der Waals surface area (Å²) in [4.78, 5) is 22.0. The van der Waals surface area contributed by atoms with E-state index in [-0.39, 0.29) is 6.03 Å². The molecule has 1 aromatic heterocycles. The summed E-state index contributed by atoms with van der Waals surface area (Å²) >= 11 is 0. The zero-order valence-corrected chi connectivity index (χ0v) is 11.4. The molecule has 2 heterocycles. The van der Waals surface area contributed by atoms with E-state index in [0.29, 0.717) is 31.0 Å². The Morgan fingerprint density at radius 2 is 1.95 bits per heavy atom. The normalized spacial score (nSPS) is 17.8. The van der Waals surface area contributed by atoms with Crippen molar-refractivity contribution in [3.8, 4) is 11.4 Å². The Bertz CT molecular complexity index is 615. The molecule has 1 aliphatic heterocycles. The van der Waals surface area contributed by atoms with Gasteiger partial charge in [0.15, 0.2) is 5.82 Å². The minimum atomic E-state index is -0.424. The van der Waals surface area contributed by atoms with Gasteiger partial charge in [-0.05, 0) is 6.42 Å². The van der Waals surface area contributed by atoms with Crippen molar-refractivity contribution in [2.24, 2.45) is 0 Å². The number of β-amino-alcohol motifs (C(OH)–C–C–N with tert-alkyl or cyclic N) is 1. The first-order valence-electron chi connectivity index (χ1n) is 6.84. The number of amides is 2. The zero-order valence-electron chi connectivity index (χ0n) is 11.4. The first-order chi connectivity index (χ1) is 10.2. The van der Waals surface area contributed by atoms with E-state index in [2.05, 4.69) is 15.3 Å². The van der Waals surface area contributed by atoms with Crippen LogP contribution in [0.4, 0.5) is 10.5 Å². The highest BCUT2D eigenvalue weighted by molar-refractivity contribution is 5.89. The first kappa shape index (κ1) is 13.5. The second-order valence-electron chi connectivity index (χ2n) is 4.98. The van der Waals surface area contributed by atoms with Crippen LogP contribution in [0.25, 0.3) is 11.4 Å². The molecule has 6 nitrogen and oxygen atoms in total. The number of hydrogen-bond acceptors (Lipinski definition) is 4. The molecule has 1 aliphatic rings. The van der Waals surface area contributed by atoms with Crippen molar-refractivity contribution in [2.45, 2.75) is 12.5 Å². The SMILES string of the molecule is O=C(Nc1cnc(-c2ccccc2)nc1)N1CCC(O)C1. The van der Waals surface area contributed by atoms with Crippen molar-refractivity contribution in [1.29, 1.82) is 0 Å². The van der Waals surface area contributed by atoms with Gasteiger partial charge < -0.3 is 15.3 Å². The summed E-state index contributed by atoms with van der Waals surface area (Å²) < 4.78 is 0. The quantitative estimate of drug-likeness (QED) is 0.880. The summed E-state index contributed by atoms with van der Waals surface area (Å²) in [5.74, 6) is 0.616. The van der Waals surface area contributed by atoms with E-state index < -0.39 is 6.10 Å². The van der Waals surface area contributed by atoms with Crippen molar-refractivity contribution in [3.63, 3.8) is 0 Å². The summed E-state index contributed by atoms with van der Waals surface area (Å²) in [6, 6.07) is 9.41. The predicted octanol–water partition coefficient (Wildman–Crippen LogP) is 1.74. The molecule has 2 amide bonds. The number of aromatic nitrogens is 2. The van der Waals surface area contributed by atoms with Crippen LogP contribution in [0.3, 0.4) is 0 Å². The average molecular weight is 284 g/mol. The van der Waals surface area contributed by atoms with Gasteiger partial charge in [0.2, 0.25) is 0 Å². The Morgan fingerprint density at radius 1 is 1.24 bits per heavy atom. The molecule has 21 heavy (non-hydrogen) atoms. The average Bonchev–Trinajstić information content (AvgIpc) is 2.96. The molecule has 108 valence electrons. The van der Waals surface area contributed by atoms with Crippen LogP contribution in [0.5, 0.6) is 0 Å². The highest BCUT2D eigenvalue weighted by atomic mass is 16.3. The molecule has 1 aromatic carbocycles. The third kappa shape index (κ3) is 3.17. The molecular weight excluding hydrogens is 268 g/mol. The smallest absolute Gasteiger partial charge is 0.322 e. The Morgan fingerprint density at radius 3 is 2.57 bits per heavy atom. The van der Waals surface area contributed by atoms with E-state index >= 15 is 0 Å². The molecule has 3 rings (SSSR count). The number of aliphatic hydroxyl groups excluding tert-OH is 1. The lowest BCUT2D eigenvalue weighted by atomic mass is 10.2. The van der Waals surface area contributed by atoms with E-state index in [1.165, 1.54) is 0 Å². The first-order valence-corrected chi connectivity index (χ1v) is 6.84. The molecular formula is C15H16N4O2. The number of likely N-dealkylation sites (tertiary alicyclic amines) is 1. The Labute approximate surface area is 122 Å². The van der Waals surface area contributed by atoms with Gasteiger partial charge in [0.25, 0.3) is 0 Å². The number of urea groups is 1. The van der Waals surface area contributed by atoms with Gasteiger partial charge in [-0.2, -0.15) is 0 Å². The molecule has 1 saturated heterocycles. The van der Waals surface area contributed by atoms with Crippen LogP contribution in [0, 0.1) is 0 Å². The summed E-state index contributed by atoms with van der Waals surface area (Å²) in [5, 5.41) is 12.2. The van der Waals surface area contributed by atoms with E-state index in [4.69, 9.17) is 0 Å². The number of carbonyl (C=O) groups is 1. The fraction of sp³-hybridized carbons (Fsp3) is 0.267. The predicted molar refractivity (Wildman–Crippen MR) is 78.7 cm³/mol. The highest BCUT2D eigenvalue weighted by Gasteiger charge is 2.24. The van der Waals surface area contributed by atoms with Crippen LogP contribution in [0.1, 0.15) is 6.42 Å². The molecule has 2 N–H and O–H groups in total. The van der Waals surface area contributed by atoms with E-state index in [1.54, 1.807) is 17.3 Å². The van der Waals surface area contributed by atoms with Gasteiger partial charge in [-0.3, -0.25) is 0 Å². The van der Waals surface area contributed by atoms with Gasteiger partial charge >= 0.3 is 6.03 Å². The van der Waals surface area contributed by atoms with Gasteiger partial charge in [0, 0.05) is 18.7 Å². The number of rotatable bonds is 2. The molecule has 0 saturated carbocycles. The van der Waals surface area contributed by atoms with E-state index in [0.717, 1.165) is 5.56 Å². The van der Waals surface area contributed by atoms with Crippen LogP contribution < -0.4 is 5.32 Å². The summed E-state index contributed by atoms with van der Waals surface area (Å²) in [7, 11) is 0. The van der Waals surface area contributed by atoms with Crippen molar-refractivity contribution >= 4 is 11.7 Å². The van der Waals surface area contributed by atoms with Gasteiger partial charge in [-0.1, -0.05) is 30.3 Å². The van der Waals surface area contributed by atoms with Gasteiger partial charge in [-0.25, -0.2) is 14.8 Å². The topological polar surface area (TPSA) is 78.4 Å². The molecule has 0 radical (unpaired) electrons. The van der Waals surface area contributed by atoms with Crippen LogP contribution in [-0.2, 0) is 0 Å². The number of nitrogens with zero attached hydrogens (tertiary/aromatic N) is 3. The number of anilines is 1. The largest absolute Gasteiger partial charge is 0.391 e. The van der Waals surface area contributed by atoms with Crippen LogP contribution in [-0.4, -0.2) is 45.2 Å². The van der Waals surface area contributed by atoms with E-state index in [1.807, 2.05) is 30.3 Å². The van der Waals surface area contributed by atoms with Crippen molar-refractivity contribution in [2.75, 3.05) is 18.4 Å².